The van der Waals surface area contributed by atoms with Crippen LogP contribution in [0.25, 0.3) is 0 Å². The van der Waals surface area contributed by atoms with E-state index in [0.717, 1.165) is 0 Å². The lowest BCUT2D eigenvalue weighted by molar-refractivity contribution is -0.121. The van der Waals surface area contributed by atoms with Gasteiger partial charge in [0, 0.05) is 0 Å². The summed E-state index contributed by atoms with van der Waals surface area (Å²) in [6.45, 7) is 1.48. The van der Waals surface area contributed by atoms with Gasteiger partial charge in [0.15, 0.2) is 11.5 Å². The topological polar surface area (TPSA) is 162 Å². The molecule has 2 rings (SSSR count). The largest absolute Gasteiger partial charge is 0.503 e. The molecule has 26 heavy (non-hydrogen) atoms. The van der Waals surface area contributed by atoms with Crippen LogP contribution in [0.3, 0.4) is 0 Å². The molecule has 1 heterocycles. The van der Waals surface area contributed by atoms with Gasteiger partial charge in [-0.2, -0.15) is 5.10 Å². The van der Waals surface area contributed by atoms with Crippen molar-refractivity contribution in [3.63, 3.8) is 0 Å². The summed E-state index contributed by atoms with van der Waals surface area (Å²) in [6, 6.07) is 2.26. The van der Waals surface area contributed by atoms with E-state index in [4.69, 9.17) is 4.74 Å². The number of nitrogens with one attached hydrogen (secondary N) is 4. The van der Waals surface area contributed by atoms with Gasteiger partial charge in [0.25, 0.3) is 11.5 Å². The summed E-state index contributed by atoms with van der Waals surface area (Å²) in [4.78, 5) is 36.4. The van der Waals surface area contributed by atoms with Crippen molar-refractivity contribution in [3.05, 3.63) is 43.0 Å². The van der Waals surface area contributed by atoms with Crippen molar-refractivity contribution >= 4 is 33.9 Å². The quantitative estimate of drug-likeness (QED) is 0.317. The summed E-state index contributed by atoms with van der Waals surface area (Å²) in [7, 11) is 1.41. The van der Waals surface area contributed by atoms with Crippen molar-refractivity contribution < 1.29 is 14.6 Å². The first kappa shape index (κ1) is 19.2. The number of hydrogen-bond acceptors (Lipinski definition) is 8. The molecule has 0 unspecified atom stereocenters. The molecule has 138 valence electrons. The van der Waals surface area contributed by atoms with Crippen LogP contribution in [0.4, 0.5) is 5.82 Å². The first-order valence-corrected chi connectivity index (χ1v) is 7.96. The smallest absolute Gasteiger partial charge is 0.342 e. The van der Waals surface area contributed by atoms with Crippen molar-refractivity contribution in [2.24, 2.45) is 5.10 Å². The molecule has 0 fully saturated rings. The van der Waals surface area contributed by atoms with Gasteiger partial charge in [-0.1, -0.05) is 0 Å². The maximum absolute atomic E-state index is 12.0. The molecule has 5 N–H and O–H groups in total. The Morgan fingerprint density at radius 1 is 1.46 bits per heavy atom. The molecule has 1 aromatic carbocycles. The van der Waals surface area contributed by atoms with Gasteiger partial charge in [0.2, 0.25) is 5.82 Å². The third-order valence-electron chi connectivity index (χ3n) is 3.12. The molecule has 1 aromatic heterocycles. The molecule has 0 aliphatic heterocycles. The lowest BCUT2D eigenvalue weighted by Crippen LogP contribution is -2.38. The van der Waals surface area contributed by atoms with E-state index < -0.39 is 23.2 Å². The summed E-state index contributed by atoms with van der Waals surface area (Å²) >= 11 is 3.18. The molecule has 0 radical (unpaired) electrons. The molecule has 0 saturated heterocycles. The van der Waals surface area contributed by atoms with E-state index in [2.05, 4.69) is 36.9 Å². The molecule has 12 heteroatoms. The fraction of sp³-hybridized carbons (Fsp3) is 0.214. The number of methoxy groups -OCH3 is 1. The number of rotatable bonds is 6. The summed E-state index contributed by atoms with van der Waals surface area (Å²) in [5, 5.41) is 21.6. The highest BCUT2D eigenvalue weighted by atomic mass is 79.9. The number of phenolic OH excluding ortho intramolecular Hbond substituents is 1. The van der Waals surface area contributed by atoms with Crippen molar-refractivity contribution in [3.8, 4) is 11.5 Å². The third-order valence-corrected chi connectivity index (χ3v) is 3.72. The maximum Gasteiger partial charge on any atom is 0.342 e. The molecule has 1 amide bonds. The number of phenols is 1. The zero-order valence-electron chi connectivity index (χ0n) is 13.7. The van der Waals surface area contributed by atoms with Gasteiger partial charge in [-0.25, -0.2) is 15.3 Å². The number of aromatic amines is 2. The van der Waals surface area contributed by atoms with Crippen LogP contribution in [-0.4, -0.2) is 45.6 Å². The maximum atomic E-state index is 12.0. The highest BCUT2D eigenvalue weighted by molar-refractivity contribution is 9.10. The number of hydrazone groups is 1. The van der Waals surface area contributed by atoms with Crippen molar-refractivity contribution in [2.45, 2.75) is 13.0 Å². The van der Waals surface area contributed by atoms with Crippen molar-refractivity contribution in [1.82, 2.24) is 20.6 Å². The lowest BCUT2D eigenvalue weighted by atomic mass is 10.2. The number of anilines is 1. The Labute approximate surface area is 154 Å². The van der Waals surface area contributed by atoms with Gasteiger partial charge >= 0.3 is 5.69 Å². The Balaban J connectivity index is 2.01. The van der Waals surface area contributed by atoms with Crippen LogP contribution in [0.15, 0.2) is 31.3 Å². The standard InChI is InChI=1S/C14H15BrN6O5/c1-6(17-11-13(24)18-14(25)21-19-11)12(23)20-16-5-7-3-8(15)10(22)9(4-7)26-2/h3-6,22H,1-2H3,(H,17,19)(H,20,23)(H2,18,21,24,25)/b16-5+/t6-/m0/s1. The molecule has 0 aliphatic rings. The van der Waals surface area contributed by atoms with Crippen LogP contribution in [0, 0.1) is 0 Å². The normalized spacial score (nSPS) is 12.0. The zero-order valence-corrected chi connectivity index (χ0v) is 15.2. The number of benzene rings is 1. The van der Waals surface area contributed by atoms with E-state index in [1.807, 2.05) is 10.1 Å². The minimum Gasteiger partial charge on any atom is -0.503 e. The average Bonchev–Trinajstić information content (AvgIpc) is 2.60. The first-order valence-electron chi connectivity index (χ1n) is 7.16. The van der Waals surface area contributed by atoms with E-state index in [9.17, 15) is 19.5 Å². The van der Waals surface area contributed by atoms with Crippen LogP contribution < -0.4 is 26.7 Å². The Kier molecular flexibility index (Phi) is 6.11. The summed E-state index contributed by atoms with van der Waals surface area (Å²) in [5.74, 6) is -0.558. The van der Waals surface area contributed by atoms with Gasteiger partial charge in [-0.05, 0) is 40.5 Å². The SMILES string of the molecule is COc1cc(/C=N/NC(=O)[C@H](C)Nc2n[nH]c(=O)[nH]c2=O)cc(Br)c1O. The van der Waals surface area contributed by atoms with Crippen molar-refractivity contribution in [2.75, 3.05) is 12.4 Å². The number of carbonyl (C=O) groups excluding carboxylic acids is 1. The lowest BCUT2D eigenvalue weighted by Gasteiger charge is -2.11. The van der Waals surface area contributed by atoms with Gasteiger partial charge in [-0.15, -0.1) is 5.10 Å². The highest BCUT2D eigenvalue weighted by Gasteiger charge is 2.14. The molecule has 0 saturated carbocycles. The second-order valence-corrected chi connectivity index (χ2v) is 5.86. The summed E-state index contributed by atoms with van der Waals surface area (Å²) < 4.78 is 5.42. The van der Waals surface area contributed by atoms with Crippen LogP contribution in [0.1, 0.15) is 12.5 Å². The summed E-state index contributed by atoms with van der Waals surface area (Å²) in [5.41, 5.74) is 1.35. The number of hydrogen-bond donors (Lipinski definition) is 5. The Hall–Kier alpha value is -3.15. The number of aromatic hydroxyl groups is 1. The minimum atomic E-state index is -0.854. The van der Waals surface area contributed by atoms with Crippen LogP contribution in [0.5, 0.6) is 11.5 Å². The van der Waals surface area contributed by atoms with Gasteiger partial charge in [-0.3, -0.25) is 14.6 Å². The summed E-state index contributed by atoms with van der Waals surface area (Å²) in [6.07, 6.45) is 1.35. The van der Waals surface area contributed by atoms with Crippen LogP contribution >= 0.6 is 15.9 Å². The van der Waals surface area contributed by atoms with E-state index in [1.54, 1.807) is 6.07 Å². The second-order valence-electron chi connectivity index (χ2n) is 5.01. The number of carbonyl (C=O) groups is 1. The molecule has 1 atom stereocenters. The molecule has 0 spiro atoms. The van der Waals surface area contributed by atoms with Crippen LogP contribution in [0.2, 0.25) is 0 Å². The third kappa shape index (κ3) is 4.69. The van der Waals surface area contributed by atoms with E-state index in [-0.39, 0.29) is 17.3 Å². The molecule has 11 nitrogen and oxygen atoms in total. The number of aromatic nitrogens is 3. The molecule has 0 bridgehead atoms. The number of nitrogens with zero attached hydrogens (tertiary/aromatic N) is 2. The number of ether oxygens (including phenoxy) is 1. The van der Waals surface area contributed by atoms with Crippen molar-refractivity contribution in [1.29, 1.82) is 0 Å². The monoisotopic (exact) mass is 426 g/mol. The zero-order chi connectivity index (χ0) is 19.3. The molecule has 2 aromatic rings. The van der Waals surface area contributed by atoms with Crippen LogP contribution in [-0.2, 0) is 4.79 Å². The fourth-order valence-corrected chi connectivity index (χ4v) is 2.27. The number of amides is 1. The average molecular weight is 427 g/mol. The first-order chi connectivity index (χ1) is 12.3. The molecular weight excluding hydrogens is 412 g/mol. The Morgan fingerprint density at radius 2 is 2.19 bits per heavy atom. The van der Waals surface area contributed by atoms with Gasteiger partial charge in [0.1, 0.15) is 6.04 Å². The molecule has 0 aliphatic carbocycles. The Bertz CT molecular complexity index is 954. The highest BCUT2D eigenvalue weighted by Crippen LogP contribution is 2.34. The number of halogens is 1. The second kappa shape index (κ2) is 8.29. The minimum absolute atomic E-state index is 0.0508. The van der Waals surface area contributed by atoms with Gasteiger partial charge < -0.3 is 15.2 Å². The predicted molar refractivity (Wildman–Crippen MR) is 96.7 cm³/mol. The fourth-order valence-electron chi connectivity index (χ4n) is 1.81. The van der Waals surface area contributed by atoms with E-state index in [0.29, 0.717) is 10.0 Å². The Morgan fingerprint density at radius 3 is 2.85 bits per heavy atom. The van der Waals surface area contributed by atoms with E-state index in [1.165, 1.54) is 26.3 Å². The number of H-pyrrole nitrogens is 2. The van der Waals surface area contributed by atoms with E-state index >= 15 is 0 Å². The molecular formula is C14H15BrN6O5. The predicted octanol–water partition coefficient (Wildman–Crippen LogP) is -0.114. The van der Waals surface area contributed by atoms with Gasteiger partial charge in [0.05, 0.1) is 17.8 Å².